The molecule has 1 saturated heterocycles. The van der Waals surface area contributed by atoms with Crippen molar-refractivity contribution < 1.29 is 9.53 Å². The highest BCUT2D eigenvalue weighted by Gasteiger charge is 2.23. The van der Waals surface area contributed by atoms with E-state index >= 15 is 0 Å². The van der Waals surface area contributed by atoms with Crippen molar-refractivity contribution in [3.8, 4) is 11.4 Å². The fraction of sp³-hybridized carbons (Fsp3) is 0.476. The number of carbonyl (C=O) groups excluding carboxylic acids is 1. The number of piperazine rings is 1. The molecule has 1 aromatic carbocycles. The van der Waals surface area contributed by atoms with Crippen molar-refractivity contribution in [1.82, 2.24) is 20.2 Å². The summed E-state index contributed by atoms with van der Waals surface area (Å²) in [6, 6.07) is 9.88. The van der Waals surface area contributed by atoms with E-state index in [4.69, 9.17) is 21.3 Å². The first-order valence-corrected chi connectivity index (χ1v) is 10.3. The van der Waals surface area contributed by atoms with Crippen LogP contribution in [0.4, 0.5) is 5.82 Å². The molecule has 1 aliphatic heterocycles. The second-order valence-electron chi connectivity index (χ2n) is 6.97. The zero-order chi connectivity index (χ0) is 20.6. The van der Waals surface area contributed by atoms with Crippen LogP contribution in [0.5, 0.6) is 0 Å². The topological polar surface area (TPSA) is 70.6 Å². The van der Waals surface area contributed by atoms with Crippen molar-refractivity contribution in [2.75, 3.05) is 57.9 Å². The van der Waals surface area contributed by atoms with Gasteiger partial charge in [0.1, 0.15) is 11.0 Å². The lowest BCUT2D eigenvalue weighted by Gasteiger charge is -2.36. The van der Waals surface area contributed by atoms with Gasteiger partial charge in [0.05, 0.1) is 13.2 Å². The van der Waals surface area contributed by atoms with Crippen molar-refractivity contribution >= 4 is 23.3 Å². The predicted molar refractivity (Wildman–Crippen MR) is 115 cm³/mol. The normalized spacial score (nSPS) is 14.8. The molecule has 3 rings (SSSR count). The van der Waals surface area contributed by atoms with E-state index in [0.29, 0.717) is 30.7 Å². The quantitative estimate of drug-likeness (QED) is 0.524. The third-order valence-electron chi connectivity index (χ3n) is 4.99. The molecule has 0 radical (unpaired) electrons. The lowest BCUT2D eigenvalue weighted by Crippen LogP contribution is -2.50. The summed E-state index contributed by atoms with van der Waals surface area (Å²) in [6.07, 6.45) is 0.769. The molecular weight excluding hydrogens is 390 g/mol. The maximum absolute atomic E-state index is 12.0. The molecule has 1 amide bonds. The smallest absolute Gasteiger partial charge is 0.234 e. The molecule has 0 spiro atoms. The fourth-order valence-electron chi connectivity index (χ4n) is 3.40. The Bertz CT molecular complexity index is 810. The number of nitrogens with zero attached hydrogens (tertiary/aromatic N) is 4. The predicted octanol–water partition coefficient (Wildman–Crippen LogP) is 2.24. The van der Waals surface area contributed by atoms with Crippen molar-refractivity contribution in [3.63, 3.8) is 0 Å². The Morgan fingerprint density at radius 1 is 1.17 bits per heavy atom. The zero-order valence-corrected chi connectivity index (χ0v) is 17.8. The van der Waals surface area contributed by atoms with Crippen molar-refractivity contribution in [3.05, 3.63) is 41.0 Å². The van der Waals surface area contributed by atoms with E-state index in [2.05, 4.69) is 27.0 Å². The summed E-state index contributed by atoms with van der Waals surface area (Å²) < 4.78 is 4.96. The Balaban J connectivity index is 1.68. The second kappa shape index (κ2) is 10.5. The first-order valence-electron chi connectivity index (χ1n) is 9.97. The molecule has 0 bridgehead atoms. The highest BCUT2D eigenvalue weighted by molar-refractivity contribution is 6.30. The zero-order valence-electron chi connectivity index (χ0n) is 17.0. The van der Waals surface area contributed by atoms with Gasteiger partial charge in [0, 0.05) is 51.0 Å². The van der Waals surface area contributed by atoms with Crippen LogP contribution in [-0.4, -0.2) is 73.8 Å². The number of anilines is 1. The molecule has 1 aliphatic rings. The number of carbonyl (C=O) groups is 1. The Labute approximate surface area is 177 Å². The van der Waals surface area contributed by atoms with Crippen LogP contribution in [0.3, 0.4) is 0 Å². The molecule has 29 heavy (non-hydrogen) atoms. The highest BCUT2D eigenvalue weighted by atomic mass is 35.5. The van der Waals surface area contributed by atoms with Crippen LogP contribution in [0.2, 0.25) is 5.15 Å². The van der Waals surface area contributed by atoms with Gasteiger partial charge in [0.2, 0.25) is 5.91 Å². The Morgan fingerprint density at radius 2 is 1.90 bits per heavy atom. The minimum atomic E-state index is 0.0289. The molecule has 2 aromatic rings. The number of benzene rings is 1. The van der Waals surface area contributed by atoms with E-state index in [1.807, 2.05) is 30.3 Å². The lowest BCUT2D eigenvalue weighted by atomic mass is 10.1. The molecule has 8 heteroatoms. The molecule has 1 fully saturated rings. The molecule has 0 atom stereocenters. The summed E-state index contributed by atoms with van der Waals surface area (Å²) in [5, 5.41) is 3.38. The summed E-state index contributed by atoms with van der Waals surface area (Å²) in [5.74, 6) is 1.57. The number of ether oxygens (including phenoxy) is 1. The third kappa shape index (κ3) is 5.65. The molecule has 0 saturated carbocycles. The number of halogens is 1. The summed E-state index contributed by atoms with van der Waals surface area (Å²) in [4.78, 5) is 25.8. The monoisotopic (exact) mass is 417 g/mol. The van der Waals surface area contributed by atoms with Crippen molar-refractivity contribution in [2.24, 2.45) is 0 Å². The van der Waals surface area contributed by atoms with Gasteiger partial charge in [-0.05, 0) is 6.42 Å². The van der Waals surface area contributed by atoms with Gasteiger partial charge in [-0.2, -0.15) is 0 Å². The van der Waals surface area contributed by atoms with Crippen LogP contribution in [-0.2, 0) is 16.0 Å². The molecule has 1 N–H and O–H groups in total. The van der Waals surface area contributed by atoms with Crippen LogP contribution >= 0.6 is 11.6 Å². The van der Waals surface area contributed by atoms with Crippen LogP contribution in [0.1, 0.15) is 12.5 Å². The molecular formula is C21H28ClN5O2. The maximum atomic E-state index is 12.0. The van der Waals surface area contributed by atoms with E-state index in [9.17, 15) is 4.79 Å². The minimum Gasteiger partial charge on any atom is -0.383 e. The number of hydrogen-bond acceptors (Lipinski definition) is 6. The van der Waals surface area contributed by atoms with E-state index in [1.165, 1.54) is 0 Å². The van der Waals surface area contributed by atoms with E-state index < -0.39 is 0 Å². The van der Waals surface area contributed by atoms with Crippen LogP contribution < -0.4 is 10.2 Å². The lowest BCUT2D eigenvalue weighted by molar-refractivity contribution is -0.122. The van der Waals surface area contributed by atoms with Gasteiger partial charge in [-0.3, -0.25) is 9.69 Å². The summed E-state index contributed by atoms with van der Waals surface area (Å²) in [7, 11) is 1.62. The van der Waals surface area contributed by atoms with E-state index in [-0.39, 0.29) is 5.91 Å². The number of hydrogen-bond donors (Lipinski definition) is 1. The number of aromatic nitrogens is 2. The fourth-order valence-corrected chi connectivity index (χ4v) is 3.69. The standard InChI is InChI=1S/C21H28ClN5O2/c1-3-17-19(22)24-20(16-7-5-4-6-8-16)25-21(17)27-12-10-26(11-13-27)15-18(28)23-9-14-29-2/h4-8H,3,9-15H2,1-2H3,(H,23,28). The van der Waals surface area contributed by atoms with Crippen molar-refractivity contribution in [2.45, 2.75) is 13.3 Å². The second-order valence-corrected chi connectivity index (χ2v) is 7.32. The van der Waals surface area contributed by atoms with Gasteiger partial charge in [0.25, 0.3) is 0 Å². The van der Waals surface area contributed by atoms with Gasteiger partial charge >= 0.3 is 0 Å². The number of nitrogens with one attached hydrogen (secondary N) is 1. The highest BCUT2D eigenvalue weighted by Crippen LogP contribution is 2.29. The number of amides is 1. The van der Waals surface area contributed by atoms with Crippen LogP contribution in [0.25, 0.3) is 11.4 Å². The van der Waals surface area contributed by atoms with Crippen molar-refractivity contribution in [1.29, 1.82) is 0 Å². The van der Waals surface area contributed by atoms with Gasteiger partial charge in [-0.1, -0.05) is 48.9 Å². The van der Waals surface area contributed by atoms with Crippen LogP contribution in [0.15, 0.2) is 30.3 Å². The largest absolute Gasteiger partial charge is 0.383 e. The first-order chi connectivity index (χ1) is 14.1. The van der Waals surface area contributed by atoms with Gasteiger partial charge in [0.15, 0.2) is 5.82 Å². The first kappa shape index (κ1) is 21.5. The molecule has 0 unspecified atom stereocenters. The average molecular weight is 418 g/mol. The van der Waals surface area contributed by atoms with Gasteiger partial charge in [-0.15, -0.1) is 0 Å². The van der Waals surface area contributed by atoms with E-state index in [1.54, 1.807) is 7.11 Å². The van der Waals surface area contributed by atoms with E-state index in [0.717, 1.165) is 49.5 Å². The minimum absolute atomic E-state index is 0.0289. The summed E-state index contributed by atoms with van der Waals surface area (Å²) >= 11 is 6.51. The Hall–Kier alpha value is -2.22. The molecule has 156 valence electrons. The SMILES string of the molecule is CCc1c(Cl)nc(-c2ccccc2)nc1N1CCN(CC(=O)NCCOC)CC1. The van der Waals surface area contributed by atoms with Crippen LogP contribution in [0, 0.1) is 0 Å². The molecule has 1 aromatic heterocycles. The molecule has 2 heterocycles. The number of methoxy groups -OCH3 is 1. The average Bonchev–Trinajstić information content (AvgIpc) is 2.74. The Kier molecular flexibility index (Phi) is 7.80. The Morgan fingerprint density at radius 3 is 2.55 bits per heavy atom. The molecule has 7 nitrogen and oxygen atoms in total. The summed E-state index contributed by atoms with van der Waals surface area (Å²) in [6.45, 7) is 6.70. The molecule has 0 aliphatic carbocycles. The maximum Gasteiger partial charge on any atom is 0.234 e. The number of rotatable bonds is 8. The van der Waals surface area contributed by atoms with Gasteiger partial charge < -0.3 is 15.0 Å². The van der Waals surface area contributed by atoms with Gasteiger partial charge in [-0.25, -0.2) is 9.97 Å². The summed E-state index contributed by atoms with van der Waals surface area (Å²) in [5.41, 5.74) is 1.92. The third-order valence-corrected chi connectivity index (χ3v) is 5.30.